The van der Waals surface area contributed by atoms with Crippen LogP contribution in [0.15, 0.2) is 83.0 Å². The first-order valence-electron chi connectivity index (χ1n) is 26.1. The summed E-state index contributed by atoms with van der Waals surface area (Å²) in [5, 5.41) is 67.7. The van der Waals surface area contributed by atoms with Crippen LogP contribution < -0.4 is 21.9 Å². The van der Waals surface area contributed by atoms with Gasteiger partial charge in [0.25, 0.3) is 17.8 Å². The van der Waals surface area contributed by atoms with Gasteiger partial charge in [-0.3, -0.25) is 24.6 Å². The van der Waals surface area contributed by atoms with Crippen LogP contribution in [0.3, 0.4) is 0 Å². The molecule has 0 radical (unpaired) electrons. The number of likely N-dealkylation sites (tertiary alicyclic amines) is 2. The summed E-state index contributed by atoms with van der Waals surface area (Å²) in [6, 6.07) is 15.1. The number of nitrogens with zero attached hydrogens (tertiary/aromatic N) is 8. The molecule has 0 bridgehead atoms. The predicted octanol–water partition coefficient (Wildman–Crippen LogP) is 5.70. The van der Waals surface area contributed by atoms with E-state index < -0.39 is 54.2 Å². The first kappa shape index (κ1) is 65.8. The van der Waals surface area contributed by atoms with Crippen molar-refractivity contribution >= 4 is 110 Å². The molecule has 26 nitrogen and oxygen atoms in total. The lowest BCUT2D eigenvalue weighted by atomic mass is 9.99. The van der Waals surface area contributed by atoms with Crippen molar-refractivity contribution in [2.45, 2.75) is 81.9 Å². The van der Waals surface area contributed by atoms with Gasteiger partial charge in [-0.2, -0.15) is 33.2 Å². The van der Waals surface area contributed by atoms with E-state index in [1.54, 1.807) is 46.5 Å². The van der Waals surface area contributed by atoms with Gasteiger partial charge in [0.15, 0.2) is 0 Å². The number of β-amino-alcohol motifs (C(OH)–C–C–N with tert-alkyl or cyclic N) is 1. The number of carboxylic acid groups (broad SMARTS) is 2. The molecule has 2 unspecified atom stereocenters. The number of amides is 1. The van der Waals surface area contributed by atoms with Gasteiger partial charge in [-0.05, 0) is 90.8 Å². The quantitative estimate of drug-likeness (QED) is 0.0161. The number of aliphatic carboxylic acids is 1. The van der Waals surface area contributed by atoms with Crippen molar-refractivity contribution in [1.29, 1.82) is 0 Å². The second-order valence-electron chi connectivity index (χ2n) is 19.3. The number of benzene rings is 4. The molecule has 8 rings (SSSR count). The molecule has 2 fully saturated rings. The average Bonchev–Trinajstić information content (AvgIpc) is 4.20. The third kappa shape index (κ3) is 18.8. The number of nitrogens with one attached hydrogen (secondary N) is 5. The van der Waals surface area contributed by atoms with E-state index in [0.717, 1.165) is 38.5 Å². The van der Waals surface area contributed by atoms with E-state index in [0.29, 0.717) is 69.7 Å². The summed E-state index contributed by atoms with van der Waals surface area (Å²) in [5.74, 6) is -3.80. The normalized spacial score (nSPS) is 16.3. The summed E-state index contributed by atoms with van der Waals surface area (Å²) < 4.78 is 9.62. The van der Waals surface area contributed by atoms with E-state index in [-0.39, 0.29) is 68.9 Å². The lowest BCUT2D eigenvalue weighted by molar-refractivity contribution is -0.145. The van der Waals surface area contributed by atoms with Crippen LogP contribution in [0.5, 0.6) is 0 Å². The number of aliphatic imine (C=N–C) groups is 2. The number of aromatic amines is 2. The van der Waals surface area contributed by atoms with Crippen LogP contribution in [0.25, 0.3) is 31.7 Å². The highest BCUT2D eigenvalue weighted by molar-refractivity contribution is 6.40. The molecule has 0 spiro atoms. The number of guanidine groups is 2. The fraction of sp³-hybridized carbons (Fsp3) is 0.364. The lowest BCUT2D eigenvalue weighted by Gasteiger charge is -2.18. The number of aliphatic hydroxyl groups excluding tert-OH is 3. The second kappa shape index (κ2) is 31.5. The molecular weight excluding hydrogens is 1190 g/mol. The Morgan fingerprint density at radius 1 is 0.753 bits per heavy atom. The molecular formula is C55H60Cl4N14O12. The Labute approximate surface area is 506 Å². The standard InChI is InChI=1S/C26H27Cl2N7O5.C17H14Cl2N2O3.C12H19N5O4/c1-29-34-26(35-7-6-17(36)13-35)30-12-21(25(39)40)32-24(38)23-18(27)8-14(9-19(23)28)2-5-22(37)15-3-4-16-11-31-33-20(16)10-15;18-12-5-9(6-13(19)16(12)17(23)24)1-4-15(22)10-2-3-11-8-20-21-14(11)7-10;1-8(18)21-9-4-5-17(7-9)12(16-14-2)15-6-10(13)11(19)20-3/h3-4,8-11,17,21-22,36-37H,2,5-7,12-13H2,(H,30,34)(H,31,33)(H,32,38)(H,39,40);2-3,5-8,15,22H,1,4H2,(H,20,21)(H,23,24);9-10H,4-7,13H2,1,3H3,(H,15,16)/t17-,21-,22?;;9-,10-/m0.0/s1. The van der Waals surface area contributed by atoms with Crippen LogP contribution >= 0.6 is 46.4 Å². The summed E-state index contributed by atoms with van der Waals surface area (Å²) in [5.41, 5.74) is 14.9. The number of aromatic carboxylic acids is 1. The number of aryl methyl sites for hydroxylation is 2. The molecule has 85 heavy (non-hydrogen) atoms. The smallest absolute Gasteiger partial charge is 0.338 e. The first-order chi connectivity index (χ1) is 40.6. The van der Waals surface area contributed by atoms with Crippen LogP contribution in [0, 0.1) is 13.1 Å². The van der Waals surface area contributed by atoms with E-state index in [1.807, 2.05) is 36.4 Å². The van der Waals surface area contributed by atoms with E-state index in [4.69, 9.17) is 75.1 Å². The Morgan fingerprint density at radius 2 is 1.24 bits per heavy atom. The van der Waals surface area contributed by atoms with Gasteiger partial charge in [0.1, 0.15) is 18.2 Å². The van der Waals surface area contributed by atoms with Gasteiger partial charge in [-0.25, -0.2) is 19.6 Å². The number of carbonyl (C=O) groups is 5. The first-order valence-corrected chi connectivity index (χ1v) is 27.6. The zero-order valence-corrected chi connectivity index (χ0v) is 48.7. The minimum Gasteiger partial charge on any atom is -0.480 e. The molecule has 450 valence electrons. The van der Waals surface area contributed by atoms with Crippen LogP contribution in [0.4, 0.5) is 0 Å². The molecule has 30 heteroatoms. The number of ether oxygens (including phenoxy) is 2. The Bertz CT molecular complexity index is 3470. The van der Waals surface area contributed by atoms with Crippen LogP contribution in [0.1, 0.15) is 87.8 Å². The molecule has 2 aliphatic heterocycles. The number of aliphatic hydroxyl groups is 3. The number of H-pyrrole nitrogens is 2. The molecule has 2 aliphatic rings. The summed E-state index contributed by atoms with van der Waals surface area (Å²) in [6.45, 7) is 16.6. The Hall–Kier alpha value is -8.31. The fourth-order valence-electron chi connectivity index (χ4n) is 8.93. The number of methoxy groups -OCH3 is 1. The average molecular weight is 1250 g/mol. The molecule has 2 saturated heterocycles. The molecule has 1 amide bonds. The summed E-state index contributed by atoms with van der Waals surface area (Å²) in [6.07, 6.45) is 4.11. The SMILES string of the molecule is O=C(O)c1c(Cl)cc(CCC(O)c2ccc3cn[nH]c3c2)cc1Cl.[C-]#[N+]NC(=NC[C@H](N)C(=O)OC)N1CC[C@H](OC(C)=O)C1.[C-]#[N+]NC(=NC[C@H](NC(=O)c1c(Cl)cc(CCC(O)c2ccc3cn[nH]c3c2)cc1Cl)C(=O)O)N1CC[C@H](O)C1. The number of aromatic nitrogens is 4. The maximum atomic E-state index is 13.0. The van der Waals surface area contributed by atoms with Crippen molar-refractivity contribution in [3.05, 3.63) is 150 Å². The van der Waals surface area contributed by atoms with Crippen molar-refractivity contribution in [3.63, 3.8) is 0 Å². The zero-order chi connectivity index (χ0) is 61.9. The van der Waals surface area contributed by atoms with Gasteiger partial charge < -0.3 is 55.9 Å². The van der Waals surface area contributed by atoms with E-state index in [9.17, 15) is 44.4 Å². The maximum absolute atomic E-state index is 13.0. The molecule has 12 N–H and O–H groups in total. The molecule has 4 aromatic carbocycles. The molecule has 4 heterocycles. The van der Waals surface area contributed by atoms with Gasteiger partial charge in [0.2, 0.25) is 0 Å². The van der Waals surface area contributed by atoms with E-state index in [2.05, 4.69) is 61.2 Å². The van der Waals surface area contributed by atoms with Crippen LogP contribution in [-0.2, 0) is 36.7 Å². The number of nitrogens with two attached hydrogens (primary N) is 1. The number of fused-ring (bicyclic) bond motifs is 2. The van der Waals surface area contributed by atoms with Gasteiger partial charge in [-0.15, -0.1) is 0 Å². The van der Waals surface area contributed by atoms with E-state index >= 15 is 0 Å². The Kier molecular flexibility index (Phi) is 24.4. The lowest BCUT2D eigenvalue weighted by Crippen LogP contribution is -2.44. The number of rotatable bonds is 18. The third-order valence-electron chi connectivity index (χ3n) is 13.3. The van der Waals surface area contributed by atoms with Crippen LogP contribution in [0.2, 0.25) is 20.1 Å². The number of carbonyl (C=O) groups excluding carboxylic acids is 3. The van der Waals surface area contributed by atoms with Crippen molar-refractivity contribution in [1.82, 2.24) is 46.4 Å². The minimum absolute atomic E-state index is 0.000735. The summed E-state index contributed by atoms with van der Waals surface area (Å²) in [4.78, 5) is 75.9. The van der Waals surface area contributed by atoms with Gasteiger partial charge in [-0.1, -0.05) is 81.5 Å². The molecule has 6 aromatic rings. The monoisotopic (exact) mass is 1250 g/mol. The Balaban J connectivity index is 0.000000220. The third-order valence-corrected chi connectivity index (χ3v) is 14.5. The van der Waals surface area contributed by atoms with Gasteiger partial charge in [0.05, 0.1) is 99.7 Å². The number of hydrogen-bond acceptors (Lipinski definition) is 15. The van der Waals surface area contributed by atoms with Gasteiger partial charge in [0, 0.05) is 43.8 Å². The van der Waals surface area contributed by atoms with Crippen molar-refractivity contribution in [2.24, 2.45) is 15.7 Å². The summed E-state index contributed by atoms with van der Waals surface area (Å²) in [7, 11) is 1.24. The maximum Gasteiger partial charge on any atom is 0.338 e. The molecule has 0 aliphatic carbocycles. The topological polar surface area (TPSA) is 364 Å². The highest BCUT2D eigenvalue weighted by Crippen LogP contribution is 2.31. The van der Waals surface area contributed by atoms with Crippen molar-refractivity contribution in [3.8, 4) is 0 Å². The predicted molar refractivity (Wildman–Crippen MR) is 316 cm³/mol. The van der Waals surface area contributed by atoms with Crippen molar-refractivity contribution < 1.29 is 59.0 Å². The van der Waals surface area contributed by atoms with Gasteiger partial charge >= 0.3 is 23.9 Å². The number of hydrogen-bond donors (Lipinski definition) is 11. The van der Waals surface area contributed by atoms with E-state index in [1.165, 1.54) is 14.0 Å². The summed E-state index contributed by atoms with van der Waals surface area (Å²) >= 11 is 24.7. The number of esters is 2. The molecule has 6 atom stereocenters. The largest absolute Gasteiger partial charge is 0.480 e. The highest BCUT2D eigenvalue weighted by Gasteiger charge is 2.30. The minimum atomic E-state index is -1.43. The van der Waals surface area contributed by atoms with Crippen molar-refractivity contribution in [2.75, 3.05) is 46.4 Å². The Morgan fingerprint density at radius 3 is 1.68 bits per heavy atom. The zero-order valence-electron chi connectivity index (χ0n) is 45.6. The fourth-order valence-corrected chi connectivity index (χ4v) is 10.3. The molecule has 0 saturated carbocycles. The highest BCUT2D eigenvalue weighted by atomic mass is 35.5. The molecule has 2 aromatic heterocycles. The van der Waals surface area contributed by atoms with Crippen LogP contribution in [-0.4, -0.2) is 168 Å². The number of halogens is 4. The second-order valence-corrected chi connectivity index (χ2v) is 21.0. The number of carboxylic acids is 2.